The highest BCUT2D eigenvalue weighted by atomic mass is 16.5. The number of aromatic amines is 1. The lowest BCUT2D eigenvalue weighted by molar-refractivity contribution is 0.0210. The Morgan fingerprint density at radius 1 is 1.43 bits per heavy atom. The van der Waals surface area contributed by atoms with Crippen molar-refractivity contribution in [3.63, 3.8) is 0 Å². The molecule has 0 saturated carbocycles. The number of aromatic nitrogens is 4. The number of rotatable bonds is 5. The number of anilines is 1. The Morgan fingerprint density at radius 2 is 2.29 bits per heavy atom. The molecule has 6 heteroatoms. The first-order chi connectivity index (χ1) is 10.2. The second kappa shape index (κ2) is 5.89. The molecular formula is C15H23N5O. The van der Waals surface area contributed by atoms with E-state index in [0.717, 1.165) is 43.5 Å². The van der Waals surface area contributed by atoms with Gasteiger partial charge in [0.25, 0.3) is 0 Å². The zero-order valence-electron chi connectivity index (χ0n) is 12.9. The second-order valence-electron chi connectivity index (χ2n) is 5.69. The second-order valence-corrected chi connectivity index (χ2v) is 5.69. The lowest BCUT2D eigenvalue weighted by Crippen LogP contribution is -2.27. The molecule has 0 unspecified atom stereocenters. The van der Waals surface area contributed by atoms with Crippen LogP contribution in [0, 0.1) is 0 Å². The van der Waals surface area contributed by atoms with Crippen molar-refractivity contribution in [1.82, 2.24) is 19.7 Å². The highest BCUT2D eigenvalue weighted by Gasteiger charge is 2.28. The van der Waals surface area contributed by atoms with Gasteiger partial charge in [-0.15, -0.1) is 10.2 Å². The zero-order valence-corrected chi connectivity index (χ0v) is 12.9. The average molecular weight is 289 g/mol. The quantitative estimate of drug-likeness (QED) is 0.917. The molecule has 1 atom stereocenters. The van der Waals surface area contributed by atoms with Gasteiger partial charge in [0.05, 0.1) is 17.9 Å². The smallest absolute Gasteiger partial charge is 0.227 e. The zero-order chi connectivity index (χ0) is 14.8. The maximum Gasteiger partial charge on any atom is 0.227 e. The van der Waals surface area contributed by atoms with Crippen molar-refractivity contribution < 1.29 is 4.74 Å². The van der Waals surface area contributed by atoms with Gasteiger partial charge in [-0.05, 0) is 39.3 Å². The molecule has 0 spiro atoms. The van der Waals surface area contributed by atoms with E-state index in [1.54, 1.807) is 0 Å². The average Bonchev–Trinajstić information content (AvgIpc) is 3.17. The molecule has 2 aromatic heterocycles. The number of H-pyrrole nitrogens is 1. The van der Waals surface area contributed by atoms with Crippen molar-refractivity contribution in [2.24, 2.45) is 0 Å². The number of ether oxygens (including phenoxy) is 1. The number of hydrogen-bond acceptors (Lipinski definition) is 4. The Morgan fingerprint density at radius 3 is 2.95 bits per heavy atom. The number of hydrogen-bond donors (Lipinski definition) is 1. The van der Waals surface area contributed by atoms with E-state index < -0.39 is 0 Å². The highest BCUT2D eigenvalue weighted by Crippen LogP contribution is 2.25. The van der Waals surface area contributed by atoms with E-state index in [1.807, 2.05) is 18.3 Å². The normalized spacial score (nSPS) is 18.9. The van der Waals surface area contributed by atoms with Crippen LogP contribution in [0.5, 0.6) is 0 Å². The Labute approximate surface area is 125 Å². The molecule has 1 aliphatic rings. The molecular weight excluding hydrogens is 266 g/mol. The van der Waals surface area contributed by atoms with E-state index in [4.69, 9.17) is 4.74 Å². The topological polar surface area (TPSA) is 59.0 Å². The molecule has 0 aliphatic carbocycles. The fourth-order valence-corrected chi connectivity index (χ4v) is 2.89. The maximum absolute atomic E-state index is 5.91. The Hall–Kier alpha value is -1.82. The summed E-state index contributed by atoms with van der Waals surface area (Å²) in [5.41, 5.74) is 1.00. The monoisotopic (exact) mass is 289 g/mol. The van der Waals surface area contributed by atoms with E-state index in [0.29, 0.717) is 6.10 Å². The van der Waals surface area contributed by atoms with Crippen LogP contribution in [0.3, 0.4) is 0 Å². The van der Waals surface area contributed by atoms with E-state index in [-0.39, 0.29) is 6.10 Å². The first-order valence-corrected chi connectivity index (χ1v) is 7.66. The van der Waals surface area contributed by atoms with Crippen molar-refractivity contribution in [2.75, 3.05) is 18.0 Å². The number of nitrogens with zero attached hydrogens (tertiary/aromatic N) is 4. The standard InChI is InChI=1S/C15H23N5O/c1-4-20-14(13-6-5-8-16-13)17-18-15(20)19-9-7-12(10-19)21-11(2)3/h5-6,8,11-12,16H,4,7,9-10H2,1-3H3/t12-/m1/s1. The van der Waals surface area contributed by atoms with Crippen LogP contribution in [0.15, 0.2) is 18.3 Å². The summed E-state index contributed by atoms with van der Waals surface area (Å²) >= 11 is 0. The van der Waals surface area contributed by atoms with Gasteiger partial charge in [0.2, 0.25) is 5.95 Å². The summed E-state index contributed by atoms with van der Waals surface area (Å²) in [5.74, 6) is 1.84. The van der Waals surface area contributed by atoms with Crippen molar-refractivity contribution >= 4 is 5.95 Å². The summed E-state index contributed by atoms with van der Waals surface area (Å²) in [5, 5.41) is 8.76. The first kappa shape index (κ1) is 14.1. The predicted molar refractivity (Wildman–Crippen MR) is 82.3 cm³/mol. The van der Waals surface area contributed by atoms with E-state index >= 15 is 0 Å². The highest BCUT2D eigenvalue weighted by molar-refractivity contribution is 5.53. The molecule has 0 aromatic carbocycles. The fourth-order valence-electron chi connectivity index (χ4n) is 2.89. The third-order valence-electron chi connectivity index (χ3n) is 3.78. The molecule has 2 aromatic rings. The summed E-state index contributed by atoms with van der Waals surface area (Å²) < 4.78 is 8.07. The lowest BCUT2D eigenvalue weighted by atomic mass is 10.3. The van der Waals surface area contributed by atoms with Crippen LogP contribution in [0.1, 0.15) is 27.2 Å². The van der Waals surface area contributed by atoms with E-state index in [9.17, 15) is 0 Å². The van der Waals surface area contributed by atoms with Gasteiger partial charge in [0.15, 0.2) is 5.82 Å². The van der Waals surface area contributed by atoms with Crippen LogP contribution in [0.2, 0.25) is 0 Å². The van der Waals surface area contributed by atoms with Gasteiger partial charge >= 0.3 is 0 Å². The summed E-state index contributed by atoms with van der Waals surface area (Å²) in [4.78, 5) is 5.47. The molecule has 6 nitrogen and oxygen atoms in total. The molecule has 1 fully saturated rings. The summed E-state index contributed by atoms with van der Waals surface area (Å²) in [6.07, 6.45) is 3.52. The fraction of sp³-hybridized carbons (Fsp3) is 0.600. The van der Waals surface area contributed by atoms with Crippen LogP contribution in [0.4, 0.5) is 5.95 Å². The van der Waals surface area contributed by atoms with Gasteiger partial charge in [-0.3, -0.25) is 4.57 Å². The first-order valence-electron chi connectivity index (χ1n) is 7.66. The molecule has 1 saturated heterocycles. The molecule has 3 rings (SSSR count). The molecule has 0 radical (unpaired) electrons. The Balaban J connectivity index is 1.80. The van der Waals surface area contributed by atoms with Crippen molar-refractivity contribution in [3.05, 3.63) is 18.3 Å². The largest absolute Gasteiger partial charge is 0.374 e. The van der Waals surface area contributed by atoms with E-state index in [2.05, 4.69) is 45.4 Å². The minimum absolute atomic E-state index is 0.272. The molecule has 3 heterocycles. The van der Waals surface area contributed by atoms with Crippen LogP contribution < -0.4 is 4.90 Å². The van der Waals surface area contributed by atoms with Gasteiger partial charge in [0.1, 0.15) is 0 Å². The molecule has 114 valence electrons. The third kappa shape index (κ3) is 2.81. The molecule has 1 aliphatic heterocycles. The molecule has 0 amide bonds. The van der Waals surface area contributed by atoms with Gasteiger partial charge in [0, 0.05) is 25.8 Å². The van der Waals surface area contributed by atoms with Crippen LogP contribution >= 0.6 is 0 Å². The lowest BCUT2D eigenvalue weighted by Gasteiger charge is -2.19. The minimum atomic E-state index is 0.272. The summed E-state index contributed by atoms with van der Waals surface area (Å²) in [6.45, 7) is 9.00. The van der Waals surface area contributed by atoms with Crippen molar-refractivity contribution in [2.45, 2.75) is 45.9 Å². The Kier molecular flexibility index (Phi) is 3.96. The van der Waals surface area contributed by atoms with Gasteiger partial charge in [-0.1, -0.05) is 0 Å². The predicted octanol–water partition coefficient (Wildman–Crippen LogP) is 2.30. The van der Waals surface area contributed by atoms with Gasteiger partial charge in [-0.2, -0.15) is 0 Å². The van der Waals surface area contributed by atoms with Gasteiger partial charge in [-0.25, -0.2) is 0 Å². The summed E-state index contributed by atoms with van der Waals surface area (Å²) in [7, 11) is 0. The molecule has 21 heavy (non-hydrogen) atoms. The third-order valence-corrected chi connectivity index (χ3v) is 3.78. The Bertz CT molecular complexity index is 575. The minimum Gasteiger partial charge on any atom is -0.374 e. The molecule has 0 bridgehead atoms. The van der Waals surface area contributed by atoms with Crippen LogP contribution in [-0.4, -0.2) is 45.0 Å². The SMILES string of the molecule is CCn1c(-c2ccc[nH]2)nnc1N1CC[C@@H](OC(C)C)C1. The van der Waals surface area contributed by atoms with Crippen LogP contribution in [-0.2, 0) is 11.3 Å². The van der Waals surface area contributed by atoms with Crippen LogP contribution in [0.25, 0.3) is 11.5 Å². The maximum atomic E-state index is 5.91. The molecule has 1 N–H and O–H groups in total. The van der Waals surface area contributed by atoms with Crippen molar-refractivity contribution in [1.29, 1.82) is 0 Å². The summed E-state index contributed by atoms with van der Waals surface area (Å²) in [6, 6.07) is 4.00. The van der Waals surface area contributed by atoms with Gasteiger partial charge < -0.3 is 14.6 Å². The number of nitrogens with one attached hydrogen (secondary N) is 1. The van der Waals surface area contributed by atoms with Crippen molar-refractivity contribution in [3.8, 4) is 11.5 Å². The van der Waals surface area contributed by atoms with E-state index in [1.165, 1.54) is 0 Å².